The van der Waals surface area contributed by atoms with Gasteiger partial charge < -0.3 is 14.8 Å². The SMILES string of the molecule is CCC(NCCOc1ccc(OC)cc1)C1CCCCC1. The summed E-state index contributed by atoms with van der Waals surface area (Å²) in [5, 5.41) is 3.68. The Morgan fingerprint density at radius 1 is 1.10 bits per heavy atom. The molecule has 0 amide bonds. The molecule has 0 spiro atoms. The Bertz CT molecular complexity index is 385. The van der Waals surface area contributed by atoms with Crippen molar-refractivity contribution in [2.24, 2.45) is 5.92 Å². The maximum Gasteiger partial charge on any atom is 0.119 e. The highest BCUT2D eigenvalue weighted by Crippen LogP contribution is 2.27. The number of ether oxygens (including phenoxy) is 2. The van der Waals surface area contributed by atoms with Crippen molar-refractivity contribution in [3.05, 3.63) is 24.3 Å². The molecule has 21 heavy (non-hydrogen) atoms. The fourth-order valence-electron chi connectivity index (χ4n) is 3.27. The van der Waals surface area contributed by atoms with E-state index < -0.39 is 0 Å². The van der Waals surface area contributed by atoms with Crippen molar-refractivity contribution < 1.29 is 9.47 Å². The van der Waals surface area contributed by atoms with E-state index in [4.69, 9.17) is 9.47 Å². The van der Waals surface area contributed by atoms with Gasteiger partial charge in [0.15, 0.2) is 0 Å². The van der Waals surface area contributed by atoms with E-state index in [1.54, 1.807) is 7.11 Å². The third-order valence-electron chi connectivity index (χ3n) is 4.50. The summed E-state index contributed by atoms with van der Waals surface area (Å²) >= 11 is 0. The summed E-state index contributed by atoms with van der Waals surface area (Å²) in [5.74, 6) is 2.64. The molecule has 1 saturated carbocycles. The highest BCUT2D eigenvalue weighted by Gasteiger charge is 2.21. The summed E-state index contributed by atoms with van der Waals surface area (Å²) in [6.07, 6.45) is 8.24. The molecule has 0 heterocycles. The third kappa shape index (κ3) is 5.24. The fourth-order valence-corrected chi connectivity index (χ4v) is 3.27. The largest absolute Gasteiger partial charge is 0.497 e. The first-order valence-corrected chi connectivity index (χ1v) is 8.33. The monoisotopic (exact) mass is 291 g/mol. The Kier molecular flexibility index (Phi) is 6.87. The fraction of sp³-hybridized carbons (Fsp3) is 0.667. The molecule has 0 aromatic heterocycles. The van der Waals surface area contributed by atoms with Gasteiger partial charge in [0.05, 0.1) is 7.11 Å². The number of rotatable bonds is 8. The van der Waals surface area contributed by atoms with E-state index in [2.05, 4.69) is 12.2 Å². The standard InChI is InChI=1S/C18H29NO2/c1-3-18(15-7-5-4-6-8-15)19-13-14-21-17-11-9-16(20-2)10-12-17/h9-12,15,18-19H,3-8,13-14H2,1-2H3. The van der Waals surface area contributed by atoms with Crippen molar-refractivity contribution in [3.8, 4) is 11.5 Å². The smallest absolute Gasteiger partial charge is 0.119 e. The van der Waals surface area contributed by atoms with Crippen molar-refractivity contribution in [2.45, 2.75) is 51.5 Å². The zero-order valence-corrected chi connectivity index (χ0v) is 13.4. The van der Waals surface area contributed by atoms with Crippen LogP contribution in [0, 0.1) is 5.92 Å². The summed E-state index contributed by atoms with van der Waals surface area (Å²) in [6, 6.07) is 8.43. The molecular formula is C18H29NO2. The normalized spacial score (nSPS) is 17.4. The molecule has 3 nitrogen and oxygen atoms in total. The summed E-state index contributed by atoms with van der Waals surface area (Å²) in [6.45, 7) is 3.92. The van der Waals surface area contributed by atoms with Crippen LogP contribution in [0.2, 0.25) is 0 Å². The van der Waals surface area contributed by atoms with Gasteiger partial charge >= 0.3 is 0 Å². The highest BCUT2D eigenvalue weighted by atomic mass is 16.5. The Balaban J connectivity index is 1.67. The first-order chi connectivity index (χ1) is 10.3. The lowest BCUT2D eigenvalue weighted by molar-refractivity contribution is 0.242. The van der Waals surface area contributed by atoms with Gasteiger partial charge in [-0.25, -0.2) is 0 Å². The van der Waals surface area contributed by atoms with Crippen LogP contribution >= 0.6 is 0 Å². The Morgan fingerprint density at radius 2 is 1.76 bits per heavy atom. The van der Waals surface area contributed by atoms with Crippen LogP contribution in [0.4, 0.5) is 0 Å². The Labute approximate surface area is 129 Å². The Hall–Kier alpha value is -1.22. The summed E-state index contributed by atoms with van der Waals surface area (Å²) in [4.78, 5) is 0. The number of hydrogen-bond donors (Lipinski definition) is 1. The lowest BCUT2D eigenvalue weighted by Crippen LogP contribution is -2.38. The van der Waals surface area contributed by atoms with Crippen molar-refractivity contribution >= 4 is 0 Å². The molecule has 1 N–H and O–H groups in total. The molecule has 1 aromatic rings. The van der Waals surface area contributed by atoms with Crippen LogP contribution in [0.3, 0.4) is 0 Å². The zero-order chi connectivity index (χ0) is 14.9. The lowest BCUT2D eigenvalue weighted by Gasteiger charge is -2.30. The first kappa shape index (κ1) is 16.2. The summed E-state index contributed by atoms with van der Waals surface area (Å²) < 4.78 is 10.9. The average Bonchev–Trinajstić information content (AvgIpc) is 2.56. The van der Waals surface area contributed by atoms with Crippen molar-refractivity contribution in [1.29, 1.82) is 0 Å². The molecule has 0 saturated heterocycles. The number of hydrogen-bond acceptors (Lipinski definition) is 3. The molecule has 1 atom stereocenters. The van der Waals surface area contributed by atoms with Gasteiger partial charge in [-0.2, -0.15) is 0 Å². The van der Waals surface area contributed by atoms with Crippen LogP contribution in [-0.2, 0) is 0 Å². The zero-order valence-electron chi connectivity index (χ0n) is 13.4. The van der Waals surface area contributed by atoms with E-state index in [-0.39, 0.29) is 0 Å². The molecule has 1 aliphatic rings. The molecule has 1 aliphatic carbocycles. The first-order valence-electron chi connectivity index (χ1n) is 8.33. The second kappa shape index (κ2) is 8.93. The topological polar surface area (TPSA) is 30.5 Å². The van der Waals surface area contributed by atoms with E-state index >= 15 is 0 Å². The molecule has 1 unspecified atom stereocenters. The van der Waals surface area contributed by atoms with Crippen LogP contribution in [0.1, 0.15) is 45.4 Å². The molecule has 118 valence electrons. The van der Waals surface area contributed by atoms with Crippen LogP contribution in [-0.4, -0.2) is 26.3 Å². The molecule has 3 heteroatoms. The van der Waals surface area contributed by atoms with Gasteiger partial charge in [-0.15, -0.1) is 0 Å². The molecule has 0 aliphatic heterocycles. The highest BCUT2D eigenvalue weighted by molar-refractivity contribution is 5.31. The lowest BCUT2D eigenvalue weighted by atomic mass is 9.83. The molecule has 0 radical (unpaired) electrons. The van der Waals surface area contributed by atoms with Gasteiger partial charge in [0.2, 0.25) is 0 Å². The minimum absolute atomic E-state index is 0.657. The minimum atomic E-state index is 0.657. The van der Waals surface area contributed by atoms with Crippen LogP contribution in [0.15, 0.2) is 24.3 Å². The van der Waals surface area contributed by atoms with E-state index in [0.29, 0.717) is 6.04 Å². The van der Waals surface area contributed by atoms with E-state index in [0.717, 1.165) is 30.6 Å². The van der Waals surface area contributed by atoms with Gasteiger partial charge in [0.25, 0.3) is 0 Å². The third-order valence-corrected chi connectivity index (χ3v) is 4.50. The maximum absolute atomic E-state index is 5.77. The predicted octanol–water partition coefficient (Wildman–Crippen LogP) is 4.02. The van der Waals surface area contributed by atoms with E-state index in [1.807, 2.05) is 24.3 Å². The maximum atomic E-state index is 5.77. The summed E-state index contributed by atoms with van der Waals surface area (Å²) in [5.41, 5.74) is 0. The quantitative estimate of drug-likeness (QED) is 0.734. The van der Waals surface area contributed by atoms with Gasteiger partial charge in [-0.05, 0) is 49.4 Å². The number of nitrogens with one attached hydrogen (secondary N) is 1. The number of benzene rings is 1. The molecule has 2 rings (SSSR count). The van der Waals surface area contributed by atoms with Crippen molar-refractivity contribution in [2.75, 3.05) is 20.3 Å². The van der Waals surface area contributed by atoms with Crippen molar-refractivity contribution in [3.63, 3.8) is 0 Å². The molecule has 1 fully saturated rings. The Morgan fingerprint density at radius 3 is 2.38 bits per heavy atom. The molecular weight excluding hydrogens is 262 g/mol. The van der Waals surface area contributed by atoms with Crippen LogP contribution in [0.25, 0.3) is 0 Å². The summed E-state index contributed by atoms with van der Waals surface area (Å²) in [7, 11) is 1.68. The molecule has 0 bridgehead atoms. The van der Waals surface area contributed by atoms with Gasteiger partial charge in [-0.3, -0.25) is 0 Å². The second-order valence-corrected chi connectivity index (χ2v) is 5.89. The second-order valence-electron chi connectivity index (χ2n) is 5.89. The van der Waals surface area contributed by atoms with Crippen LogP contribution < -0.4 is 14.8 Å². The van der Waals surface area contributed by atoms with E-state index in [9.17, 15) is 0 Å². The minimum Gasteiger partial charge on any atom is -0.497 e. The van der Waals surface area contributed by atoms with Crippen LogP contribution in [0.5, 0.6) is 11.5 Å². The van der Waals surface area contributed by atoms with Gasteiger partial charge in [0, 0.05) is 12.6 Å². The predicted molar refractivity (Wildman–Crippen MR) is 87.1 cm³/mol. The number of methoxy groups -OCH3 is 1. The average molecular weight is 291 g/mol. The van der Waals surface area contributed by atoms with Gasteiger partial charge in [-0.1, -0.05) is 26.2 Å². The molecule has 1 aromatic carbocycles. The van der Waals surface area contributed by atoms with Crippen molar-refractivity contribution in [1.82, 2.24) is 5.32 Å². The van der Waals surface area contributed by atoms with E-state index in [1.165, 1.54) is 38.5 Å². The van der Waals surface area contributed by atoms with Gasteiger partial charge in [0.1, 0.15) is 18.1 Å².